The Morgan fingerprint density at radius 3 is 2.74 bits per heavy atom. The molecule has 0 saturated carbocycles. The lowest BCUT2D eigenvalue weighted by molar-refractivity contribution is -0.110. The zero-order valence-electron chi connectivity index (χ0n) is 17.5. The number of rotatable bonds is 2. The van der Waals surface area contributed by atoms with Gasteiger partial charge in [0.05, 0.1) is 23.2 Å². The molecule has 1 aromatic heterocycles. The Morgan fingerprint density at radius 1 is 1.13 bits per heavy atom. The third-order valence-electron chi connectivity index (χ3n) is 7.34. The summed E-state index contributed by atoms with van der Waals surface area (Å²) in [5.41, 5.74) is 4.93. The van der Waals surface area contributed by atoms with E-state index in [1.54, 1.807) is 12.1 Å². The van der Waals surface area contributed by atoms with Crippen LogP contribution < -0.4 is 5.32 Å². The van der Waals surface area contributed by atoms with Crippen molar-refractivity contribution in [2.45, 2.75) is 44.7 Å². The highest BCUT2D eigenvalue weighted by molar-refractivity contribution is 6.34. The first-order chi connectivity index (χ1) is 15.0. The average molecular weight is 420 g/mol. The fraction of sp³-hybridized carbons (Fsp3) is 0.417. The van der Waals surface area contributed by atoms with E-state index in [0.717, 1.165) is 55.0 Å². The average Bonchev–Trinajstić information content (AvgIpc) is 3.52. The molecule has 1 aromatic carbocycles. The van der Waals surface area contributed by atoms with Gasteiger partial charge in [-0.1, -0.05) is 0 Å². The van der Waals surface area contributed by atoms with Gasteiger partial charge in [-0.05, 0) is 75.5 Å². The molecule has 6 nitrogen and oxygen atoms in total. The van der Waals surface area contributed by atoms with E-state index >= 15 is 0 Å². The van der Waals surface area contributed by atoms with E-state index in [0.29, 0.717) is 16.8 Å². The van der Waals surface area contributed by atoms with E-state index in [1.165, 1.54) is 25.0 Å². The normalized spacial score (nSPS) is 26.4. The topological polar surface area (TPSA) is 68.4 Å². The van der Waals surface area contributed by atoms with Crippen LogP contribution in [0.5, 0.6) is 0 Å². The molecule has 2 atom stereocenters. The van der Waals surface area contributed by atoms with Crippen molar-refractivity contribution in [2.24, 2.45) is 0 Å². The molecular formula is C24H25FN4O2. The Bertz CT molecular complexity index is 1140. The summed E-state index contributed by atoms with van der Waals surface area (Å²) in [6.45, 7) is 4.85. The molecule has 2 fully saturated rings. The minimum Gasteiger partial charge on any atom is -0.357 e. The van der Waals surface area contributed by atoms with E-state index < -0.39 is 0 Å². The van der Waals surface area contributed by atoms with Gasteiger partial charge in [-0.3, -0.25) is 14.5 Å². The SMILES string of the molecule is Cc1c(C=C2C(=O)Nc3ccc(F)cc32)[nH]c2c1C(=O)N1CCC[C@@H]1C2N1CCCC1. The molecule has 7 heteroatoms. The lowest BCUT2D eigenvalue weighted by atomic mass is 9.91. The van der Waals surface area contributed by atoms with Crippen molar-refractivity contribution in [1.82, 2.24) is 14.8 Å². The standard InChI is InChI=1S/C24H25FN4O2/c1-13-18(12-16-15-11-14(25)6-7-17(15)27-23(16)30)26-21-20(13)24(31)29-10-4-5-19(29)22(21)28-8-2-3-9-28/h6-7,11-12,19,22,26H,2-5,8-10H2,1H3,(H,27,30)/t19-,22?/m1/s1. The summed E-state index contributed by atoms with van der Waals surface area (Å²) in [5.74, 6) is -0.544. The van der Waals surface area contributed by atoms with E-state index in [-0.39, 0.29) is 29.7 Å². The Labute approximate surface area is 180 Å². The van der Waals surface area contributed by atoms with Gasteiger partial charge in [-0.15, -0.1) is 0 Å². The second kappa shape index (κ2) is 6.79. The maximum Gasteiger partial charge on any atom is 0.256 e. The number of H-pyrrole nitrogens is 1. The fourth-order valence-corrected chi connectivity index (χ4v) is 5.88. The van der Waals surface area contributed by atoms with Gasteiger partial charge in [0.2, 0.25) is 0 Å². The summed E-state index contributed by atoms with van der Waals surface area (Å²) in [7, 11) is 0. The molecule has 6 rings (SSSR count). The lowest BCUT2D eigenvalue weighted by Crippen LogP contribution is -2.49. The monoisotopic (exact) mass is 420 g/mol. The molecule has 31 heavy (non-hydrogen) atoms. The van der Waals surface area contributed by atoms with E-state index in [2.05, 4.69) is 20.1 Å². The van der Waals surface area contributed by atoms with Crippen LogP contribution in [0.4, 0.5) is 10.1 Å². The largest absolute Gasteiger partial charge is 0.357 e. The predicted octanol–water partition coefficient (Wildman–Crippen LogP) is 3.71. The van der Waals surface area contributed by atoms with E-state index in [4.69, 9.17) is 0 Å². The van der Waals surface area contributed by atoms with Gasteiger partial charge in [-0.25, -0.2) is 4.39 Å². The molecule has 160 valence electrons. The first-order valence-corrected chi connectivity index (χ1v) is 11.1. The summed E-state index contributed by atoms with van der Waals surface area (Å²) in [5, 5.41) is 2.80. The molecule has 5 heterocycles. The van der Waals surface area contributed by atoms with Gasteiger partial charge in [0.25, 0.3) is 11.8 Å². The molecule has 0 aliphatic carbocycles. The fourth-order valence-electron chi connectivity index (χ4n) is 5.88. The van der Waals surface area contributed by atoms with Crippen LogP contribution in [0.3, 0.4) is 0 Å². The number of nitrogens with one attached hydrogen (secondary N) is 2. The number of likely N-dealkylation sites (tertiary alicyclic amines) is 1. The van der Waals surface area contributed by atoms with Crippen molar-refractivity contribution in [3.05, 3.63) is 52.1 Å². The minimum absolute atomic E-state index is 0.0914. The zero-order valence-corrected chi connectivity index (χ0v) is 17.5. The number of anilines is 1. The minimum atomic E-state index is -0.381. The van der Waals surface area contributed by atoms with Crippen molar-refractivity contribution >= 4 is 29.2 Å². The molecule has 0 bridgehead atoms. The van der Waals surface area contributed by atoms with Crippen molar-refractivity contribution in [3.8, 4) is 0 Å². The van der Waals surface area contributed by atoms with Gasteiger partial charge in [0, 0.05) is 29.2 Å². The molecular weight excluding hydrogens is 395 g/mol. The number of nitrogens with zero attached hydrogens (tertiary/aromatic N) is 2. The van der Waals surface area contributed by atoms with Crippen LogP contribution in [0.2, 0.25) is 0 Å². The van der Waals surface area contributed by atoms with Gasteiger partial charge >= 0.3 is 0 Å². The van der Waals surface area contributed by atoms with Crippen LogP contribution in [0, 0.1) is 12.7 Å². The quantitative estimate of drug-likeness (QED) is 0.728. The van der Waals surface area contributed by atoms with Gasteiger partial charge in [0.15, 0.2) is 0 Å². The summed E-state index contributed by atoms with van der Waals surface area (Å²) >= 11 is 0. The number of fused-ring (bicyclic) bond motifs is 3. The van der Waals surface area contributed by atoms with Gasteiger partial charge < -0.3 is 15.2 Å². The Balaban J connectivity index is 1.49. The van der Waals surface area contributed by atoms with Crippen LogP contribution >= 0.6 is 0 Å². The molecule has 4 aliphatic heterocycles. The predicted molar refractivity (Wildman–Crippen MR) is 116 cm³/mol. The number of hydrogen-bond acceptors (Lipinski definition) is 3. The number of benzene rings is 1. The van der Waals surface area contributed by atoms with Crippen molar-refractivity contribution in [3.63, 3.8) is 0 Å². The Kier molecular flexibility index (Phi) is 4.12. The molecule has 2 amide bonds. The number of carbonyl (C=O) groups excluding carboxylic acids is 2. The maximum atomic E-state index is 13.8. The molecule has 0 radical (unpaired) electrons. The highest BCUT2D eigenvalue weighted by Gasteiger charge is 2.47. The smallest absolute Gasteiger partial charge is 0.256 e. The second-order valence-corrected chi connectivity index (χ2v) is 9.05. The molecule has 4 aliphatic rings. The van der Waals surface area contributed by atoms with Crippen LogP contribution in [0.1, 0.15) is 64.6 Å². The lowest BCUT2D eigenvalue weighted by Gasteiger charge is -2.41. The molecule has 0 spiro atoms. The molecule has 2 saturated heterocycles. The van der Waals surface area contributed by atoms with Crippen molar-refractivity contribution in [2.75, 3.05) is 25.0 Å². The number of carbonyl (C=O) groups is 2. The summed E-state index contributed by atoms with van der Waals surface area (Å²) in [6.07, 6.45) is 6.21. The van der Waals surface area contributed by atoms with E-state index in [1.807, 2.05) is 6.92 Å². The first kappa shape index (κ1) is 18.8. The Hall–Kier alpha value is -2.93. The van der Waals surface area contributed by atoms with Crippen LogP contribution in [0.25, 0.3) is 11.6 Å². The Morgan fingerprint density at radius 2 is 1.94 bits per heavy atom. The number of halogens is 1. The molecule has 1 unspecified atom stereocenters. The number of amides is 2. The number of aromatic nitrogens is 1. The third kappa shape index (κ3) is 2.72. The van der Waals surface area contributed by atoms with Crippen LogP contribution in [-0.4, -0.2) is 52.3 Å². The summed E-state index contributed by atoms with van der Waals surface area (Å²) in [4.78, 5) is 34.1. The third-order valence-corrected chi connectivity index (χ3v) is 7.34. The summed E-state index contributed by atoms with van der Waals surface area (Å²) < 4.78 is 13.8. The van der Waals surface area contributed by atoms with Crippen LogP contribution in [0.15, 0.2) is 18.2 Å². The van der Waals surface area contributed by atoms with Gasteiger partial charge in [0.1, 0.15) is 5.82 Å². The van der Waals surface area contributed by atoms with Crippen molar-refractivity contribution in [1.29, 1.82) is 0 Å². The highest BCUT2D eigenvalue weighted by Crippen LogP contribution is 2.44. The van der Waals surface area contributed by atoms with Crippen molar-refractivity contribution < 1.29 is 14.0 Å². The highest BCUT2D eigenvalue weighted by atomic mass is 19.1. The molecule has 2 aromatic rings. The summed E-state index contributed by atoms with van der Waals surface area (Å²) in [6, 6.07) is 4.68. The van der Waals surface area contributed by atoms with E-state index in [9.17, 15) is 14.0 Å². The number of aromatic amines is 1. The van der Waals surface area contributed by atoms with Crippen LogP contribution in [-0.2, 0) is 4.79 Å². The zero-order chi connectivity index (χ0) is 21.3. The molecule has 2 N–H and O–H groups in total. The van der Waals surface area contributed by atoms with Gasteiger partial charge in [-0.2, -0.15) is 0 Å². The second-order valence-electron chi connectivity index (χ2n) is 9.05. The first-order valence-electron chi connectivity index (χ1n) is 11.1. The maximum absolute atomic E-state index is 13.8. The number of hydrogen-bond donors (Lipinski definition) is 2.